The van der Waals surface area contributed by atoms with Crippen molar-refractivity contribution in [1.29, 1.82) is 0 Å². The molecule has 0 bridgehead atoms. The normalized spacial score (nSPS) is 15.2. The van der Waals surface area contributed by atoms with Gasteiger partial charge in [-0.2, -0.15) is 0 Å². The van der Waals surface area contributed by atoms with Gasteiger partial charge in [0.1, 0.15) is 0 Å². The Hall–Kier alpha value is -2.91. The van der Waals surface area contributed by atoms with Gasteiger partial charge in [0.25, 0.3) is 5.91 Å². The molecule has 2 aromatic heterocycles. The average molecular weight is 441 g/mol. The number of carbonyl (C=O) groups excluding carboxylic acids is 1. The second kappa shape index (κ2) is 7.10. The molecule has 0 atom stereocenters. The minimum atomic E-state index is -3.25. The van der Waals surface area contributed by atoms with Gasteiger partial charge in [-0.3, -0.25) is 4.79 Å². The highest BCUT2D eigenvalue weighted by Gasteiger charge is 2.25. The number of benzene rings is 2. The van der Waals surface area contributed by atoms with Crippen molar-refractivity contribution in [2.24, 2.45) is 0 Å². The number of piperazine rings is 1. The molecule has 30 heavy (non-hydrogen) atoms. The van der Waals surface area contributed by atoms with E-state index in [0.717, 1.165) is 26.3 Å². The maximum atomic E-state index is 13.0. The maximum Gasteiger partial charge on any atom is 0.256 e. The fraction of sp³-hybridized carbons (Fsp3) is 0.238. The van der Waals surface area contributed by atoms with Crippen molar-refractivity contribution >= 4 is 53.3 Å². The Morgan fingerprint density at radius 1 is 1.10 bits per heavy atom. The number of H-pyrrole nitrogens is 1. The number of nitrogens with zero attached hydrogens (tertiary/aromatic N) is 3. The van der Waals surface area contributed by atoms with E-state index in [1.54, 1.807) is 24.4 Å². The van der Waals surface area contributed by atoms with Gasteiger partial charge in [-0.15, -0.1) is 0 Å². The second-order valence-electron chi connectivity index (χ2n) is 7.43. The number of amides is 1. The lowest BCUT2D eigenvalue weighted by molar-refractivity contribution is 0.0749. The summed E-state index contributed by atoms with van der Waals surface area (Å²) < 4.78 is 24.4. The van der Waals surface area contributed by atoms with E-state index >= 15 is 0 Å². The zero-order valence-corrected chi connectivity index (χ0v) is 18.0. The van der Waals surface area contributed by atoms with Gasteiger partial charge in [-0.25, -0.2) is 13.4 Å². The topological polar surface area (TPSA) is 86.4 Å². The molecule has 9 heteroatoms. The van der Waals surface area contributed by atoms with Crippen LogP contribution in [0.4, 0.5) is 5.13 Å². The first kappa shape index (κ1) is 19.1. The number of nitrogens with one attached hydrogen (secondary N) is 1. The van der Waals surface area contributed by atoms with Crippen LogP contribution in [0.5, 0.6) is 0 Å². The first-order chi connectivity index (χ1) is 14.4. The first-order valence-corrected chi connectivity index (χ1v) is 12.3. The summed E-state index contributed by atoms with van der Waals surface area (Å²) >= 11 is 1.49. The number of rotatable bonds is 3. The van der Waals surface area contributed by atoms with Gasteiger partial charge in [0.05, 0.1) is 20.7 Å². The van der Waals surface area contributed by atoms with Gasteiger partial charge < -0.3 is 14.8 Å². The summed E-state index contributed by atoms with van der Waals surface area (Å²) in [7, 11) is -3.25. The molecule has 3 heterocycles. The van der Waals surface area contributed by atoms with E-state index < -0.39 is 9.84 Å². The standard InChI is InChI=1S/C21H20N4O3S2/c1-30(27,28)14-6-7-18-19(12-14)29-21(23-18)25-10-8-24(9-11-25)20(26)16-13-22-17-5-3-2-4-15(16)17/h2-7,12-13,22H,8-11H2,1H3. The van der Waals surface area contributed by atoms with Crippen molar-refractivity contribution in [3.8, 4) is 0 Å². The highest BCUT2D eigenvalue weighted by atomic mass is 32.2. The Morgan fingerprint density at radius 3 is 2.63 bits per heavy atom. The summed E-state index contributed by atoms with van der Waals surface area (Å²) in [6, 6.07) is 12.8. The molecule has 1 aliphatic rings. The molecule has 7 nitrogen and oxygen atoms in total. The molecule has 5 rings (SSSR count). The van der Waals surface area contributed by atoms with E-state index in [2.05, 4.69) is 14.9 Å². The van der Waals surface area contributed by atoms with Gasteiger partial charge in [0.2, 0.25) is 0 Å². The van der Waals surface area contributed by atoms with Crippen LogP contribution in [0.15, 0.2) is 53.6 Å². The summed E-state index contributed by atoms with van der Waals surface area (Å²) in [5.41, 5.74) is 2.45. The molecule has 0 aliphatic carbocycles. The minimum absolute atomic E-state index is 0.0363. The Morgan fingerprint density at radius 2 is 1.87 bits per heavy atom. The van der Waals surface area contributed by atoms with Gasteiger partial charge in [0, 0.05) is 49.5 Å². The lowest BCUT2D eigenvalue weighted by Gasteiger charge is -2.34. The van der Waals surface area contributed by atoms with Crippen LogP contribution < -0.4 is 4.90 Å². The number of sulfone groups is 1. The zero-order valence-electron chi connectivity index (χ0n) is 16.3. The predicted molar refractivity (Wildman–Crippen MR) is 119 cm³/mol. The summed E-state index contributed by atoms with van der Waals surface area (Å²) in [5.74, 6) is 0.0363. The molecule has 1 aliphatic heterocycles. The van der Waals surface area contributed by atoms with Crippen molar-refractivity contribution in [3.05, 3.63) is 54.2 Å². The third-order valence-corrected chi connectivity index (χ3v) is 7.62. The average Bonchev–Trinajstić information content (AvgIpc) is 3.36. The van der Waals surface area contributed by atoms with Crippen molar-refractivity contribution in [2.75, 3.05) is 37.3 Å². The number of para-hydroxylation sites is 1. The van der Waals surface area contributed by atoms with Crippen LogP contribution >= 0.6 is 11.3 Å². The van der Waals surface area contributed by atoms with Crippen LogP contribution in [0.1, 0.15) is 10.4 Å². The largest absolute Gasteiger partial charge is 0.360 e. The molecule has 4 aromatic rings. The number of anilines is 1. The number of carbonyl (C=O) groups is 1. The molecule has 2 aromatic carbocycles. The van der Waals surface area contributed by atoms with Crippen LogP contribution in [-0.2, 0) is 9.84 Å². The summed E-state index contributed by atoms with van der Waals surface area (Å²) in [5, 5.41) is 1.80. The van der Waals surface area contributed by atoms with Crippen molar-refractivity contribution < 1.29 is 13.2 Å². The van der Waals surface area contributed by atoms with E-state index in [0.29, 0.717) is 36.6 Å². The van der Waals surface area contributed by atoms with Crippen molar-refractivity contribution in [2.45, 2.75) is 4.90 Å². The van der Waals surface area contributed by atoms with Crippen LogP contribution in [-0.4, -0.2) is 61.6 Å². The van der Waals surface area contributed by atoms with Gasteiger partial charge in [-0.05, 0) is 24.3 Å². The molecule has 0 unspecified atom stereocenters. The van der Waals surface area contributed by atoms with E-state index in [9.17, 15) is 13.2 Å². The second-order valence-corrected chi connectivity index (χ2v) is 10.5. The number of aromatic nitrogens is 2. The third kappa shape index (κ3) is 3.33. The van der Waals surface area contributed by atoms with Crippen LogP contribution in [0.25, 0.3) is 21.1 Å². The number of hydrogen-bond donors (Lipinski definition) is 1. The quantitative estimate of drug-likeness (QED) is 0.529. The van der Waals surface area contributed by atoms with E-state index in [4.69, 9.17) is 0 Å². The highest BCUT2D eigenvalue weighted by Crippen LogP contribution is 2.31. The van der Waals surface area contributed by atoms with Crippen LogP contribution in [0.3, 0.4) is 0 Å². The minimum Gasteiger partial charge on any atom is -0.360 e. The fourth-order valence-electron chi connectivity index (χ4n) is 3.78. The van der Waals surface area contributed by atoms with E-state index in [1.165, 1.54) is 17.6 Å². The van der Waals surface area contributed by atoms with Crippen molar-refractivity contribution in [3.63, 3.8) is 0 Å². The molecular weight excluding hydrogens is 420 g/mol. The highest BCUT2D eigenvalue weighted by molar-refractivity contribution is 7.90. The molecule has 0 spiro atoms. The zero-order chi connectivity index (χ0) is 20.9. The molecule has 1 saturated heterocycles. The molecule has 0 radical (unpaired) electrons. The van der Waals surface area contributed by atoms with Gasteiger partial charge in [-0.1, -0.05) is 29.5 Å². The third-order valence-electron chi connectivity index (χ3n) is 5.43. The predicted octanol–water partition coefficient (Wildman–Crippen LogP) is 3.14. The van der Waals surface area contributed by atoms with Crippen LogP contribution in [0.2, 0.25) is 0 Å². The maximum absolute atomic E-state index is 13.0. The van der Waals surface area contributed by atoms with Crippen molar-refractivity contribution in [1.82, 2.24) is 14.9 Å². The smallest absolute Gasteiger partial charge is 0.256 e. The first-order valence-electron chi connectivity index (χ1n) is 9.61. The van der Waals surface area contributed by atoms with Gasteiger partial charge in [0.15, 0.2) is 15.0 Å². The van der Waals surface area contributed by atoms with Crippen LogP contribution in [0, 0.1) is 0 Å². The lowest BCUT2D eigenvalue weighted by Crippen LogP contribution is -2.48. The fourth-order valence-corrected chi connectivity index (χ4v) is 5.56. The SMILES string of the molecule is CS(=O)(=O)c1ccc2nc(N3CCN(C(=O)c4c[nH]c5ccccc45)CC3)sc2c1. The number of aromatic amines is 1. The summed E-state index contributed by atoms with van der Waals surface area (Å²) in [4.78, 5) is 25.2. The summed E-state index contributed by atoms with van der Waals surface area (Å²) in [6.45, 7) is 2.60. The monoisotopic (exact) mass is 440 g/mol. The molecule has 0 saturated carbocycles. The van der Waals surface area contributed by atoms with E-state index in [1.807, 2.05) is 29.2 Å². The van der Waals surface area contributed by atoms with Gasteiger partial charge >= 0.3 is 0 Å². The molecule has 1 amide bonds. The number of thiazole rings is 1. The Balaban J connectivity index is 1.32. The summed E-state index contributed by atoms with van der Waals surface area (Å²) in [6.07, 6.45) is 2.99. The molecule has 1 fully saturated rings. The molecule has 1 N–H and O–H groups in total. The lowest BCUT2D eigenvalue weighted by atomic mass is 10.1. The number of fused-ring (bicyclic) bond motifs is 2. The molecule has 154 valence electrons. The molecular formula is C21H20N4O3S2. The Kier molecular flexibility index (Phi) is 4.52. The Labute approximate surface area is 177 Å². The Bertz CT molecular complexity index is 1370. The number of hydrogen-bond acceptors (Lipinski definition) is 6. The van der Waals surface area contributed by atoms with E-state index in [-0.39, 0.29) is 5.91 Å².